The van der Waals surface area contributed by atoms with E-state index in [2.05, 4.69) is 31.5 Å². The second kappa shape index (κ2) is 8.70. The molecule has 12 heteroatoms. The molecule has 36 heavy (non-hydrogen) atoms. The smallest absolute Gasteiger partial charge is 0.325 e. The van der Waals surface area contributed by atoms with Gasteiger partial charge in [-0.15, -0.1) is 0 Å². The highest BCUT2D eigenvalue weighted by molar-refractivity contribution is 5.93. The number of hydrogen-bond acceptors (Lipinski definition) is 6. The van der Waals surface area contributed by atoms with E-state index in [1.54, 1.807) is 42.1 Å². The number of aromatic nitrogens is 5. The largest absolute Gasteiger partial charge is 0.367 e. The van der Waals surface area contributed by atoms with Crippen LogP contribution in [0.15, 0.2) is 70.2 Å². The molecule has 186 valence electrons. The number of nitrogens with zero attached hydrogens (tertiary/aromatic N) is 5. The number of carbonyl (C=O) groups is 1. The van der Waals surface area contributed by atoms with E-state index in [0.717, 1.165) is 16.2 Å². The molecule has 0 unspecified atom stereocenters. The summed E-state index contributed by atoms with van der Waals surface area (Å²) in [4.78, 5) is 48.0. The van der Waals surface area contributed by atoms with Gasteiger partial charge >= 0.3 is 5.69 Å². The fraction of sp³-hybridized carbons (Fsp3) is 0.292. The molecule has 3 aromatic rings. The number of aromatic amines is 2. The minimum atomic E-state index is -2.79. The van der Waals surface area contributed by atoms with Crippen LogP contribution < -0.4 is 16.1 Å². The zero-order valence-electron chi connectivity index (χ0n) is 19.4. The molecule has 3 aromatic heterocycles. The number of fused-ring (bicyclic) bond motifs is 1. The normalized spacial score (nSPS) is 17.9. The Bertz CT molecular complexity index is 1530. The van der Waals surface area contributed by atoms with Gasteiger partial charge in [-0.1, -0.05) is 24.8 Å². The SMILES string of the molecule is C=C(/C=C\C=C(/C)C(=O)N1CC(F)(F)C1)C1CN(c2cc(-c3c[nH]c(=O)[nH]c3=O)nn3ccnc23)C1. The van der Waals surface area contributed by atoms with Gasteiger partial charge in [0.05, 0.1) is 24.3 Å². The van der Waals surface area contributed by atoms with Gasteiger partial charge < -0.3 is 14.8 Å². The lowest BCUT2D eigenvalue weighted by Crippen LogP contribution is -2.58. The summed E-state index contributed by atoms with van der Waals surface area (Å²) < 4.78 is 27.6. The standard InChI is InChI=1S/C24H23F2N7O3/c1-14(4-3-5-15(2)22(35)32-12-24(25,26)13-32)16-10-31(11-16)19-8-18(30-33-7-6-27-20(19)33)17-9-28-23(36)29-21(17)34/h3-9,16H,1,10-13H2,2H3,(H2,28,29,34,36)/b4-3-,15-5+. The predicted molar refractivity (Wildman–Crippen MR) is 129 cm³/mol. The van der Waals surface area contributed by atoms with E-state index in [0.29, 0.717) is 30.0 Å². The van der Waals surface area contributed by atoms with Gasteiger partial charge in [-0.25, -0.2) is 23.1 Å². The molecular formula is C24H23F2N7O3. The van der Waals surface area contributed by atoms with Crippen LogP contribution in [0.4, 0.5) is 14.5 Å². The summed E-state index contributed by atoms with van der Waals surface area (Å²) in [7, 11) is 0. The second-order valence-electron chi connectivity index (χ2n) is 9.00. The summed E-state index contributed by atoms with van der Waals surface area (Å²) in [6, 6.07) is 1.76. The van der Waals surface area contributed by atoms with Crippen LogP contribution >= 0.6 is 0 Å². The Labute approximate surface area is 203 Å². The van der Waals surface area contributed by atoms with Crippen LogP contribution in [0.5, 0.6) is 0 Å². The molecule has 1 amide bonds. The molecule has 5 rings (SSSR count). The zero-order chi connectivity index (χ0) is 25.6. The van der Waals surface area contributed by atoms with Crippen molar-refractivity contribution in [2.45, 2.75) is 12.8 Å². The minimum Gasteiger partial charge on any atom is -0.367 e. The van der Waals surface area contributed by atoms with E-state index in [4.69, 9.17) is 0 Å². The molecular weight excluding hydrogens is 472 g/mol. The lowest BCUT2D eigenvalue weighted by Gasteiger charge is -2.41. The first-order chi connectivity index (χ1) is 17.1. The van der Waals surface area contributed by atoms with Crippen LogP contribution in [-0.4, -0.2) is 67.5 Å². The fourth-order valence-electron chi connectivity index (χ4n) is 4.20. The number of carbonyl (C=O) groups excluding carboxylic acids is 1. The van der Waals surface area contributed by atoms with Crippen molar-refractivity contribution in [2.24, 2.45) is 5.92 Å². The fourth-order valence-corrected chi connectivity index (χ4v) is 4.20. The zero-order valence-corrected chi connectivity index (χ0v) is 19.4. The number of nitrogens with one attached hydrogen (secondary N) is 2. The van der Waals surface area contributed by atoms with Crippen LogP contribution in [0.1, 0.15) is 6.92 Å². The van der Waals surface area contributed by atoms with Gasteiger partial charge in [-0.2, -0.15) is 5.10 Å². The Morgan fingerprint density at radius 1 is 1.28 bits per heavy atom. The van der Waals surface area contributed by atoms with Crippen molar-refractivity contribution in [1.82, 2.24) is 29.5 Å². The van der Waals surface area contributed by atoms with Gasteiger partial charge in [0.15, 0.2) is 5.65 Å². The van der Waals surface area contributed by atoms with Crippen molar-refractivity contribution < 1.29 is 13.6 Å². The molecule has 2 N–H and O–H groups in total. The molecule has 0 aliphatic carbocycles. The third-order valence-electron chi connectivity index (χ3n) is 6.31. The van der Waals surface area contributed by atoms with E-state index >= 15 is 0 Å². The maximum Gasteiger partial charge on any atom is 0.325 e. The van der Waals surface area contributed by atoms with E-state index in [1.165, 1.54) is 6.20 Å². The Kier molecular flexibility index (Phi) is 5.65. The van der Waals surface area contributed by atoms with E-state index < -0.39 is 36.2 Å². The maximum absolute atomic E-state index is 13.0. The van der Waals surface area contributed by atoms with Crippen LogP contribution in [-0.2, 0) is 4.79 Å². The van der Waals surface area contributed by atoms with Crippen LogP contribution in [0.25, 0.3) is 16.9 Å². The van der Waals surface area contributed by atoms with Crippen molar-refractivity contribution >= 4 is 17.2 Å². The van der Waals surface area contributed by atoms with Crippen molar-refractivity contribution in [1.29, 1.82) is 0 Å². The Balaban J connectivity index is 1.26. The Morgan fingerprint density at radius 2 is 2.03 bits per heavy atom. The summed E-state index contributed by atoms with van der Waals surface area (Å²) in [6.07, 6.45) is 9.74. The molecule has 0 aromatic carbocycles. The first-order valence-electron chi connectivity index (χ1n) is 11.2. The Hall–Kier alpha value is -4.35. The quantitative estimate of drug-likeness (QED) is 0.397. The summed E-state index contributed by atoms with van der Waals surface area (Å²) in [5, 5.41) is 4.43. The van der Waals surface area contributed by atoms with Gasteiger partial charge in [0.1, 0.15) is 5.69 Å². The van der Waals surface area contributed by atoms with Gasteiger partial charge in [-0.3, -0.25) is 14.6 Å². The molecule has 2 aliphatic rings. The number of amides is 1. The number of H-pyrrole nitrogens is 2. The number of anilines is 1. The van der Waals surface area contributed by atoms with Gasteiger partial charge in [0, 0.05) is 43.2 Å². The number of halogens is 2. The summed E-state index contributed by atoms with van der Waals surface area (Å²) in [5.74, 6) is -3.03. The number of hydrogen-bond donors (Lipinski definition) is 2. The van der Waals surface area contributed by atoms with Crippen molar-refractivity contribution in [3.05, 3.63) is 81.4 Å². The lowest BCUT2D eigenvalue weighted by atomic mass is 9.91. The monoisotopic (exact) mass is 495 g/mol. The molecule has 10 nitrogen and oxygen atoms in total. The molecule has 5 heterocycles. The average molecular weight is 495 g/mol. The van der Waals surface area contributed by atoms with Gasteiger partial charge in [-0.05, 0) is 18.6 Å². The van der Waals surface area contributed by atoms with E-state index in [9.17, 15) is 23.2 Å². The van der Waals surface area contributed by atoms with E-state index in [-0.39, 0.29) is 11.5 Å². The maximum atomic E-state index is 13.0. The summed E-state index contributed by atoms with van der Waals surface area (Å²) in [5.41, 5.74) is 2.15. The van der Waals surface area contributed by atoms with E-state index in [1.807, 2.05) is 6.08 Å². The molecule has 2 aliphatic heterocycles. The molecule has 0 radical (unpaired) electrons. The van der Waals surface area contributed by atoms with Crippen LogP contribution in [0, 0.1) is 5.92 Å². The van der Waals surface area contributed by atoms with Crippen LogP contribution in [0.2, 0.25) is 0 Å². The predicted octanol–water partition coefficient (Wildman–Crippen LogP) is 1.75. The average Bonchev–Trinajstić information content (AvgIpc) is 3.24. The number of allylic oxidation sites excluding steroid dienone is 3. The molecule has 0 saturated carbocycles. The molecule has 0 bridgehead atoms. The topological polar surface area (TPSA) is 119 Å². The van der Waals surface area contributed by atoms with Gasteiger partial charge in [0.25, 0.3) is 11.5 Å². The number of likely N-dealkylation sites (tertiary alicyclic amines) is 1. The van der Waals surface area contributed by atoms with Crippen molar-refractivity contribution in [3.8, 4) is 11.3 Å². The summed E-state index contributed by atoms with van der Waals surface area (Å²) in [6.45, 7) is 5.94. The van der Waals surface area contributed by atoms with Gasteiger partial charge in [0.2, 0.25) is 5.91 Å². The third-order valence-corrected chi connectivity index (χ3v) is 6.31. The highest BCUT2D eigenvalue weighted by atomic mass is 19.3. The Morgan fingerprint density at radius 3 is 2.72 bits per heavy atom. The molecule has 0 atom stereocenters. The number of alkyl halides is 2. The first kappa shape index (κ1) is 23.4. The highest BCUT2D eigenvalue weighted by Gasteiger charge is 2.46. The molecule has 0 spiro atoms. The van der Waals surface area contributed by atoms with Crippen molar-refractivity contribution in [2.75, 3.05) is 31.1 Å². The minimum absolute atomic E-state index is 0.155. The highest BCUT2D eigenvalue weighted by Crippen LogP contribution is 2.33. The third kappa shape index (κ3) is 4.37. The lowest BCUT2D eigenvalue weighted by molar-refractivity contribution is -0.161. The second-order valence-corrected chi connectivity index (χ2v) is 9.00. The molecule has 2 saturated heterocycles. The first-order valence-corrected chi connectivity index (χ1v) is 11.2. The van der Waals surface area contributed by atoms with Crippen molar-refractivity contribution in [3.63, 3.8) is 0 Å². The molecule has 2 fully saturated rings. The summed E-state index contributed by atoms with van der Waals surface area (Å²) >= 11 is 0. The number of imidazole rings is 1. The number of rotatable bonds is 6. The van der Waals surface area contributed by atoms with Crippen LogP contribution in [0.3, 0.4) is 0 Å².